The summed E-state index contributed by atoms with van der Waals surface area (Å²) in [6, 6.07) is 4.41. The lowest BCUT2D eigenvalue weighted by molar-refractivity contribution is 0.244. The van der Waals surface area contributed by atoms with E-state index in [1.165, 1.54) is 12.0 Å². The van der Waals surface area contributed by atoms with Gasteiger partial charge in [0.15, 0.2) is 5.82 Å². The number of imidazole rings is 1. The maximum absolute atomic E-state index is 4.78. The minimum Gasteiger partial charge on any atom is -0.343 e. The van der Waals surface area contributed by atoms with Crippen LogP contribution in [0.1, 0.15) is 30.1 Å². The number of rotatable bonds is 4. The van der Waals surface area contributed by atoms with Crippen molar-refractivity contribution < 1.29 is 0 Å². The quantitative estimate of drug-likeness (QED) is 0.802. The molecule has 1 atom stereocenters. The number of nitrogens with zero attached hydrogens (tertiary/aromatic N) is 5. The molecule has 0 unspecified atom stereocenters. The Morgan fingerprint density at radius 1 is 1.17 bits per heavy atom. The maximum atomic E-state index is 4.78. The van der Waals surface area contributed by atoms with Crippen molar-refractivity contribution in [3.05, 3.63) is 60.6 Å². The van der Waals surface area contributed by atoms with Crippen molar-refractivity contribution in [2.75, 3.05) is 6.54 Å². The number of aromatic nitrogens is 5. The molecule has 0 amide bonds. The van der Waals surface area contributed by atoms with Crippen LogP contribution >= 0.6 is 0 Å². The summed E-state index contributed by atoms with van der Waals surface area (Å²) >= 11 is 0. The van der Waals surface area contributed by atoms with Crippen molar-refractivity contribution in [2.24, 2.45) is 0 Å². The van der Waals surface area contributed by atoms with Gasteiger partial charge in [0.1, 0.15) is 5.69 Å². The highest BCUT2D eigenvalue weighted by atomic mass is 15.2. The second-order valence-electron chi connectivity index (χ2n) is 5.76. The molecule has 1 saturated heterocycles. The molecule has 0 bridgehead atoms. The topological polar surface area (TPSA) is 70.6 Å². The van der Waals surface area contributed by atoms with Gasteiger partial charge in [0, 0.05) is 31.3 Å². The lowest BCUT2D eigenvalue weighted by Gasteiger charge is -2.23. The van der Waals surface area contributed by atoms with Crippen LogP contribution in [0.2, 0.25) is 0 Å². The number of pyridine rings is 1. The number of aromatic amines is 1. The lowest BCUT2D eigenvalue weighted by atomic mass is 10.1. The van der Waals surface area contributed by atoms with Gasteiger partial charge in [0.2, 0.25) is 0 Å². The fraction of sp³-hybridized carbons (Fsp3) is 0.294. The van der Waals surface area contributed by atoms with Gasteiger partial charge >= 0.3 is 0 Å². The van der Waals surface area contributed by atoms with Gasteiger partial charge in [-0.25, -0.2) is 9.97 Å². The van der Waals surface area contributed by atoms with Crippen molar-refractivity contribution in [1.82, 2.24) is 29.8 Å². The van der Waals surface area contributed by atoms with E-state index in [4.69, 9.17) is 4.98 Å². The standard InChI is InChI=1S/C17H18N6/c1-3-13(9-18-5-1)12-23-8-2-4-16(23)14-10-19-11-15(22-14)17-20-6-7-21-17/h1,3,5-7,9-11,16H,2,4,8,12H2,(H,20,21)/t16-/m1/s1. The molecule has 0 saturated carbocycles. The van der Waals surface area contributed by atoms with Crippen molar-refractivity contribution in [3.8, 4) is 11.5 Å². The van der Waals surface area contributed by atoms with E-state index in [1.807, 2.05) is 24.7 Å². The van der Waals surface area contributed by atoms with E-state index in [1.54, 1.807) is 18.6 Å². The van der Waals surface area contributed by atoms with Crippen LogP contribution in [0.4, 0.5) is 0 Å². The molecule has 1 aliphatic rings. The largest absolute Gasteiger partial charge is 0.343 e. The van der Waals surface area contributed by atoms with Gasteiger partial charge in [-0.05, 0) is 31.0 Å². The van der Waals surface area contributed by atoms with Gasteiger partial charge in [-0.3, -0.25) is 14.9 Å². The van der Waals surface area contributed by atoms with Crippen LogP contribution in [0.3, 0.4) is 0 Å². The van der Waals surface area contributed by atoms with E-state index in [9.17, 15) is 0 Å². The molecule has 4 heterocycles. The molecule has 0 aromatic carbocycles. The molecule has 1 aliphatic heterocycles. The minimum atomic E-state index is 0.303. The van der Waals surface area contributed by atoms with Gasteiger partial charge in [0.05, 0.1) is 24.1 Å². The van der Waals surface area contributed by atoms with Crippen molar-refractivity contribution in [1.29, 1.82) is 0 Å². The number of hydrogen-bond acceptors (Lipinski definition) is 5. The van der Waals surface area contributed by atoms with Gasteiger partial charge in [-0.2, -0.15) is 0 Å². The predicted molar refractivity (Wildman–Crippen MR) is 86.2 cm³/mol. The van der Waals surface area contributed by atoms with Crippen molar-refractivity contribution >= 4 is 0 Å². The average Bonchev–Trinajstić information content (AvgIpc) is 3.28. The molecule has 3 aromatic rings. The highest BCUT2D eigenvalue weighted by molar-refractivity contribution is 5.47. The zero-order valence-electron chi connectivity index (χ0n) is 12.8. The summed E-state index contributed by atoms with van der Waals surface area (Å²) in [4.78, 5) is 23.1. The molecule has 0 spiro atoms. The zero-order valence-corrected chi connectivity index (χ0v) is 12.8. The monoisotopic (exact) mass is 306 g/mol. The summed E-state index contributed by atoms with van der Waals surface area (Å²) in [5.41, 5.74) is 3.04. The third-order valence-electron chi connectivity index (χ3n) is 4.21. The van der Waals surface area contributed by atoms with Crippen molar-refractivity contribution in [2.45, 2.75) is 25.4 Å². The Labute approximate surface area is 134 Å². The van der Waals surface area contributed by atoms with Gasteiger partial charge in [-0.1, -0.05) is 6.07 Å². The summed E-state index contributed by atoms with van der Waals surface area (Å²) in [5.74, 6) is 0.760. The van der Waals surface area contributed by atoms with Crippen LogP contribution in [-0.4, -0.2) is 36.4 Å². The fourth-order valence-corrected chi connectivity index (χ4v) is 3.14. The van der Waals surface area contributed by atoms with E-state index in [2.05, 4.69) is 30.9 Å². The molecule has 1 N–H and O–H groups in total. The van der Waals surface area contributed by atoms with Gasteiger partial charge < -0.3 is 4.98 Å². The molecular formula is C17H18N6. The third kappa shape index (κ3) is 2.98. The second-order valence-corrected chi connectivity index (χ2v) is 5.76. The summed E-state index contributed by atoms with van der Waals surface area (Å²) < 4.78 is 0. The van der Waals surface area contributed by atoms with E-state index in [0.29, 0.717) is 6.04 Å². The molecule has 0 radical (unpaired) electrons. The Morgan fingerprint density at radius 3 is 3.00 bits per heavy atom. The van der Waals surface area contributed by atoms with E-state index in [-0.39, 0.29) is 0 Å². The number of likely N-dealkylation sites (tertiary alicyclic amines) is 1. The Morgan fingerprint density at radius 2 is 2.17 bits per heavy atom. The van der Waals surface area contributed by atoms with Crippen LogP contribution in [0.15, 0.2) is 49.3 Å². The normalized spacial score (nSPS) is 18.3. The summed E-state index contributed by atoms with van der Waals surface area (Å²) in [7, 11) is 0. The fourth-order valence-electron chi connectivity index (χ4n) is 3.14. The molecule has 6 nitrogen and oxygen atoms in total. The highest BCUT2D eigenvalue weighted by Gasteiger charge is 2.27. The second kappa shape index (κ2) is 6.26. The van der Waals surface area contributed by atoms with Gasteiger partial charge in [0.25, 0.3) is 0 Å². The highest BCUT2D eigenvalue weighted by Crippen LogP contribution is 2.32. The number of H-pyrrole nitrogens is 1. The van der Waals surface area contributed by atoms with Gasteiger partial charge in [-0.15, -0.1) is 0 Å². The van der Waals surface area contributed by atoms with Crippen LogP contribution in [-0.2, 0) is 6.54 Å². The molecule has 1 fully saturated rings. The van der Waals surface area contributed by atoms with Crippen LogP contribution in [0, 0.1) is 0 Å². The predicted octanol–water partition coefficient (Wildman–Crippen LogP) is 2.60. The number of nitrogens with one attached hydrogen (secondary N) is 1. The molecule has 116 valence electrons. The van der Waals surface area contributed by atoms with Crippen LogP contribution < -0.4 is 0 Å². The Balaban J connectivity index is 1.58. The Kier molecular flexibility index (Phi) is 3.81. The zero-order chi connectivity index (χ0) is 15.5. The summed E-state index contributed by atoms with van der Waals surface area (Å²) in [5, 5.41) is 0. The first-order valence-electron chi connectivity index (χ1n) is 7.85. The smallest absolute Gasteiger partial charge is 0.157 e. The molecule has 0 aliphatic carbocycles. The first kappa shape index (κ1) is 14.0. The van der Waals surface area contributed by atoms with Crippen LogP contribution in [0.25, 0.3) is 11.5 Å². The van der Waals surface area contributed by atoms with E-state index < -0.39 is 0 Å². The molecule has 4 rings (SSSR count). The minimum absolute atomic E-state index is 0.303. The Bertz CT molecular complexity index is 756. The first-order chi connectivity index (χ1) is 11.4. The van der Waals surface area contributed by atoms with E-state index >= 15 is 0 Å². The summed E-state index contributed by atoms with van der Waals surface area (Å²) in [6.07, 6.45) is 13.2. The summed E-state index contributed by atoms with van der Waals surface area (Å²) in [6.45, 7) is 1.97. The SMILES string of the molecule is c1cncc(CN2CCC[C@@H]2c2cncc(-c3ncc[nH]3)n2)c1. The molecule has 3 aromatic heterocycles. The first-order valence-corrected chi connectivity index (χ1v) is 7.85. The number of hydrogen-bond donors (Lipinski definition) is 1. The lowest BCUT2D eigenvalue weighted by Crippen LogP contribution is -2.23. The molecule has 23 heavy (non-hydrogen) atoms. The van der Waals surface area contributed by atoms with E-state index in [0.717, 1.165) is 36.7 Å². The van der Waals surface area contributed by atoms with Crippen molar-refractivity contribution in [3.63, 3.8) is 0 Å². The third-order valence-corrected chi connectivity index (χ3v) is 4.21. The molecule has 6 heteroatoms. The Hall–Kier alpha value is -2.60. The molecular weight excluding hydrogens is 288 g/mol. The van der Waals surface area contributed by atoms with Crippen LogP contribution in [0.5, 0.6) is 0 Å². The average molecular weight is 306 g/mol. The maximum Gasteiger partial charge on any atom is 0.157 e.